The molecule has 1 saturated carbocycles. The van der Waals surface area contributed by atoms with Crippen LogP contribution in [0, 0.1) is 0 Å². The molecule has 1 aliphatic carbocycles. The van der Waals surface area contributed by atoms with E-state index in [1.54, 1.807) is 0 Å². The smallest absolute Gasteiger partial charge is 0.115 e. The van der Waals surface area contributed by atoms with Crippen molar-refractivity contribution >= 4 is 0 Å². The van der Waals surface area contributed by atoms with E-state index in [1.807, 2.05) is 0 Å². The van der Waals surface area contributed by atoms with Crippen molar-refractivity contribution < 1.29 is 9.13 Å². The average Bonchev–Trinajstić information content (AvgIpc) is 2.69. The fourth-order valence-electron chi connectivity index (χ4n) is 2.40. The molecule has 1 N–H and O–H groups in total. The number of rotatable bonds is 3. The second-order valence-electron chi connectivity index (χ2n) is 4.45. The maximum absolute atomic E-state index is 13.4. The van der Waals surface area contributed by atoms with Gasteiger partial charge in [-0.05, 0) is 25.7 Å². The van der Waals surface area contributed by atoms with Crippen molar-refractivity contribution in [1.29, 1.82) is 0 Å². The topological polar surface area (TPSA) is 21.3 Å². The predicted octanol–water partition coefficient (Wildman–Crippen LogP) is 2.04. The minimum Gasteiger partial charge on any atom is -0.377 e. The fourth-order valence-corrected chi connectivity index (χ4v) is 2.40. The van der Waals surface area contributed by atoms with Crippen LogP contribution in [-0.4, -0.2) is 31.5 Å². The van der Waals surface area contributed by atoms with Crippen LogP contribution >= 0.6 is 0 Å². The largest absolute Gasteiger partial charge is 0.377 e. The van der Waals surface area contributed by atoms with Crippen LogP contribution in [0.1, 0.15) is 38.5 Å². The van der Waals surface area contributed by atoms with Crippen molar-refractivity contribution in [3.05, 3.63) is 0 Å². The highest BCUT2D eigenvalue weighted by atomic mass is 19.1. The van der Waals surface area contributed by atoms with Gasteiger partial charge in [0.25, 0.3) is 0 Å². The number of ether oxygens (including phenoxy) is 1. The van der Waals surface area contributed by atoms with Crippen molar-refractivity contribution in [3.8, 4) is 0 Å². The number of hydrogen-bond donors (Lipinski definition) is 1. The summed E-state index contributed by atoms with van der Waals surface area (Å²) >= 11 is 0. The first-order chi connectivity index (χ1) is 6.86. The van der Waals surface area contributed by atoms with Crippen LogP contribution in [0.15, 0.2) is 0 Å². The molecule has 1 heterocycles. The Kier molecular flexibility index (Phi) is 3.76. The van der Waals surface area contributed by atoms with Gasteiger partial charge in [0.05, 0.1) is 6.10 Å². The van der Waals surface area contributed by atoms with Crippen molar-refractivity contribution in [3.63, 3.8) is 0 Å². The highest BCUT2D eigenvalue weighted by molar-refractivity contribution is 4.82. The Labute approximate surface area is 85.2 Å². The van der Waals surface area contributed by atoms with Crippen molar-refractivity contribution in [2.24, 2.45) is 0 Å². The Hall–Kier alpha value is -0.150. The zero-order valence-electron chi connectivity index (χ0n) is 8.68. The van der Waals surface area contributed by atoms with Gasteiger partial charge in [0, 0.05) is 19.2 Å². The lowest BCUT2D eigenvalue weighted by atomic mass is 9.93. The van der Waals surface area contributed by atoms with Crippen LogP contribution in [0.5, 0.6) is 0 Å². The van der Waals surface area contributed by atoms with Gasteiger partial charge >= 0.3 is 0 Å². The van der Waals surface area contributed by atoms with Gasteiger partial charge in [0.15, 0.2) is 0 Å². The van der Waals surface area contributed by atoms with E-state index >= 15 is 0 Å². The summed E-state index contributed by atoms with van der Waals surface area (Å²) in [7, 11) is 0. The molecular formula is C11H20FNO. The van der Waals surface area contributed by atoms with Crippen LogP contribution < -0.4 is 5.32 Å². The lowest BCUT2D eigenvalue weighted by molar-refractivity contribution is 0.0975. The Balaban J connectivity index is 1.67. The summed E-state index contributed by atoms with van der Waals surface area (Å²) in [5.41, 5.74) is 0. The Morgan fingerprint density at radius 2 is 2.00 bits per heavy atom. The summed E-state index contributed by atoms with van der Waals surface area (Å²) in [6.45, 7) is 1.72. The second kappa shape index (κ2) is 5.08. The van der Waals surface area contributed by atoms with Gasteiger partial charge in [0.1, 0.15) is 6.17 Å². The van der Waals surface area contributed by atoms with E-state index < -0.39 is 6.17 Å². The molecular weight excluding hydrogens is 181 g/mol. The molecule has 0 aromatic carbocycles. The summed E-state index contributed by atoms with van der Waals surface area (Å²) in [4.78, 5) is 0. The molecule has 1 aliphatic heterocycles. The minimum atomic E-state index is -0.634. The Morgan fingerprint density at radius 1 is 1.14 bits per heavy atom. The van der Waals surface area contributed by atoms with E-state index in [0.29, 0.717) is 6.10 Å². The lowest BCUT2D eigenvalue weighted by Crippen LogP contribution is -2.43. The first-order valence-electron chi connectivity index (χ1n) is 5.85. The fraction of sp³-hybridized carbons (Fsp3) is 1.00. The molecule has 0 aromatic heterocycles. The van der Waals surface area contributed by atoms with Gasteiger partial charge in [-0.3, -0.25) is 0 Å². The van der Waals surface area contributed by atoms with E-state index in [9.17, 15) is 4.39 Å². The van der Waals surface area contributed by atoms with Crippen LogP contribution in [0.3, 0.4) is 0 Å². The first kappa shape index (κ1) is 10.4. The molecule has 3 atom stereocenters. The molecule has 0 amide bonds. The van der Waals surface area contributed by atoms with Gasteiger partial charge in [-0.25, -0.2) is 4.39 Å². The maximum atomic E-state index is 13.4. The molecule has 0 radical (unpaired) electrons. The zero-order chi connectivity index (χ0) is 9.80. The van der Waals surface area contributed by atoms with Gasteiger partial charge in [-0.15, -0.1) is 0 Å². The van der Waals surface area contributed by atoms with Crippen molar-refractivity contribution in [2.75, 3.05) is 13.2 Å². The molecule has 2 rings (SSSR count). The van der Waals surface area contributed by atoms with Gasteiger partial charge in [0.2, 0.25) is 0 Å². The second-order valence-corrected chi connectivity index (χ2v) is 4.45. The Morgan fingerprint density at radius 3 is 2.71 bits per heavy atom. The molecule has 2 fully saturated rings. The first-order valence-corrected chi connectivity index (χ1v) is 5.85. The highest BCUT2D eigenvalue weighted by Crippen LogP contribution is 2.21. The molecule has 0 bridgehead atoms. The standard InChI is InChI=1S/C11H20FNO/c12-10-5-1-2-6-11(10)13-8-9-4-3-7-14-9/h9-11,13H,1-8H2/t9?,10-,11-/m1/s1. The monoisotopic (exact) mass is 201 g/mol. The predicted molar refractivity (Wildman–Crippen MR) is 54.1 cm³/mol. The van der Waals surface area contributed by atoms with Gasteiger partial charge < -0.3 is 10.1 Å². The highest BCUT2D eigenvalue weighted by Gasteiger charge is 2.25. The quantitative estimate of drug-likeness (QED) is 0.754. The van der Waals surface area contributed by atoms with Crippen molar-refractivity contribution in [1.82, 2.24) is 5.32 Å². The third kappa shape index (κ3) is 2.67. The summed E-state index contributed by atoms with van der Waals surface area (Å²) < 4.78 is 18.9. The average molecular weight is 201 g/mol. The molecule has 1 saturated heterocycles. The maximum Gasteiger partial charge on any atom is 0.115 e. The number of nitrogens with one attached hydrogen (secondary N) is 1. The van der Waals surface area contributed by atoms with E-state index in [0.717, 1.165) is 45.3 Å². The third-order valence-electron chi connectivity index (χ3n) is 3.31. The van der Waals surface area contributed by atoms with Crippen LogP contribution in [0.2, 0.25) is 0 Å². The molecule has 2 nitrogen and oxygen atoms in total. The summed E-state index contributed by atoms with van der Waals surface area (Å²) in [6.07, 6.45) is 5.96. The summed E-state index contributed by atoms with van der Waals surface area (Å²) in [5.74, 6) is 0. The third-order valence-corrected chi connectivity index (χ3v) is 3.31. The van der Waals surface area contributed by atoms with Crippen LogP contribution in [0.25, 0.3) is 0 Å². The molecule has 14 heavy (non-hydrogen) atoms. The van der Waals surface area contributed by atoms with Crippen molar-refractivity contribution in [2.45, 2.75) is 56.8 Å². The molecule has 2 aliphatic rings. The summed E-state index contributed by atoms with van der Waals surface area (Å²) in [5, 5.41) is 3.31. The van der Waals surface area contributed by atoms with Crippen LogP contribution in [0.4, 0.5) is 4.39 Å². The van der Waals surface area contributed by atoms with Gasteiger partial charge in [-0.2, -0.15) is 0 Å². The Bertz CT molecular complexity index is 171. The summed E-state index contributed by atoms with van der Waals surface area (Å²) in [6, 6.07) is 0.0907. The minimum absolute atomic E-state index is 0.0907. The molecule has 0 spiro atoms. The zero-order valence-corrected chi connectivity index (χ0v) is 8.68. The van der Waals surface area contributed by atoms with Gasteiger partial charge in [-0.1, -0.05) is 12.8 Å². The normalized spacial score (nSPS) is 38.8. The van der Waals surface area contributed by atoms with E-state index in [2.05, 4.69) is 5.32 Å². The van der Waals surface area contributed by atoms with E-state index in [-0.39, 0.29) is 6.04 Å². The molecule has 0 aromatic rings. The lowest BCUT2D eigenvalue weighted by Gasteiger charge is -2.27. The molecule has 1 unspecified atom stereocenters. The molecule has 82 valence electrons. The number of halogens is 1. The van der Waals surface area contributed by atoms with E-state index in [1.165, 1.54) is 6.42 Å². The molecule has 3 heteroatoms. The van der Waals surface area contributed by atoms with E-state index in [4.69, 9.17) is 4.74 Å². The van der Waals surface area contributed by atoms with Crippen LogP contribution in [-0.2, 0) is 4.74 Å². The SMILES string of the molecule is F[C@@H]1CCCC[C@H]1NCC1CCCO1. The number of hydrogen-bond acceptors (Lipinski definition) is 2. The number of alkyl halides is 1.